The molecule has 2 fully saturated rings. The summed E-state index contributed by atoms with van der Waals surface area (Å²) in [5, 5.41) is 0. The molecule has 0 aromatic carbocycles. The zero-order valence-corrected chi connectivity index (χ0v) is 14.7. The van der Waals surface area contributed by atoms with Crippen molar-refractivity contribution in [3.63, 3.8) is 0 Å². The molecular formula is C18H27FN4O2. The first kappa shape index (κ1) is 18.1. The Morgan fingerprint density at radius 2 is 2.04 bits per heavy atom. The van der Waals surface area contributed by atoms with Crippen LogP contribution in [0.3, 0.4) is 0 Å². The van der Waals surface area contributed by atoms with E-state index in [1.165, 1.54) is 19.0 Å². The highest BCUT2D eigenvalue weighted by molar-refractivity contribution is 5.40. The summed E-state index contributed by atoms with van der Waals surface area (Å²) in [5.74, 6) is -0.117. The topological polar surface area (TPSA) is 50.7 Å². The molecule has 1 atom stereocenters. The lowest BCUT2D eigenvalue weighted by molar-refractivity contribution is 0.120. The van der Waals surface area contributed by atoms with E-state index in [0.717, 1.165) is 32.5 Å². The highest BCUT2D eigenvalue weighted by Gasteiger charge is 2.22. The lowest BCUT2D eigenvalue weighted by Gasteiger charge is -2.28. The van der Waals surface area contributed by atoms with Gasteiger partial charge in [0, 0.05) is 19.6 Å². The van der Waals surface area contributed by atoms with Gasteiger partial charge in [0.05, 0.1) is 19.4 Å². The van der Waals surface area contributed by atoms with E-state index < -0.39 is 5.82 Å². The lowest BCUT2D eigenvalue weighted by Crippen LogP contribution is -2.38. The van der Waals surface area contributed by atoms with Crippen molar-refractivity contribution in [3.05, 3.63) is 24.7 Å². The fourth-order valence-electron chi connectivity index (χ4n) is 3.29. The monoisotopic (exact) mass is 350 g/mol. The second-order valence-electron chi connectivity index (χ2n) is 6.54. The number of hydrogen-bond donors (Lipinski definition) is 0. The molecule has 2 aliphatic rings. The van der Waals surface area contributed by atoms with E-state index in [1.54, 1.807) is 0 Å². The highest BCUT2D eigenvalue weighted by atomic mass is 19.1. The molecule has 7 heteroatoms. The highest BCUT2D eigenvalue weighted by Crippen LogP contribution is 2.21. The van der Waals surface area contributed by atoms with Crippen LogP contribution in [0, 0.1) is 5.82 Å². The maximum Gasteiger partial charge on any atom is 0.318 e. The number of allylic oxidation sites excluding steroid dienone is 1. The van der Waals surface area contributed by atoms with E-state index in [1.807, 2.05) is 11.0 Å². The summed E-state index contributed by atoms with van der Waals surface area (Å²) in [5.41, 5.74) is 0. The van der Waals surface area contributed by atoms with Crippen LogP contribution in [0.4, 0.5) is 10.2 Å². The van der Waals surface area contributed by atoms with Crippen LogP contribution >= 0.6 is 0 Å². The largest absolute Gasteiger partial charge is 0.459 e. The number of anilines is 1. The van der Waals surface area contributed by atoms with Gasteiger partial charge in [0.1, 0.15) is 6.10 Å². The minimum absolute atomic E-state index is 0.0147. The minimum atomic E-state index is -0.420. The summed E-state index contributed by atoms with van der Waals surface area (Å²) in [4.78, 5) is 12.7. The molecule has 3 rings (SSSR count). The van der Waals surface area contributed by atoms with Crippen molar-refractivity contribution >= 4 is 5.82 Å². The molecule has 25 heavy (non-hydrogen) atoms. The molecule has 0 aliphatic carbocycles. The van der Waals surface area contributed by atoms with Gasteiger partial charge in [-0.3, -0.25) is 4.90 Å². The Morgan fingerprint density at radius 1 is 1.28 bits per heavy atom. The maximum atomic E-state index is 14.1. The van der Waals surface area contributed by atoms with E-state index in [-0.39, 0.29) is 12.1 Å². The molecule has 138 valence electrons. The summed E-state index contributed by atoms with van der Waals surface area (Å²) in [6.45, 7) is 9.27. The van der Waals surface area contributed by atoms with Crippen molar-refractivity contribution in [2.24, 2.45) is 0 Å². The average molecular weight is 350 g/mol. The van der Waals surface area contributed by atoms with Crippen LogP contribution in [-0.4, -0.2) is 66.9 Å². The van der Waals surface area contributed by atoms with Gasteiger partial charge in [0.2, 0.25) is 0 Å². The Labute approximate surface area is 148 Å². The number of nitrogens with zero attached hydrogens (tertiary/aromatic N) is 4. The van der Waals surface area contributed by atoms with Gasteiger partial charge in [0.15, 0.2) is 11.6 Å². The van der Waals surface area contributed by atoms with Gasteiger partial charge in [-0.2, -0.15) is 4.98 Å². The molecule has 2 aliphatic heterocycles. The number of ether oxygens (including phenoxy) is 2. The molecule has 6 nitrogen and oxygen atoms in total. The standard InChI is InChI=1S/C18H27FN4O2/c1-2-3-6-15(14-22-7-4-5-8-22)25-18-20-13-16(19)17(21-18)23-9-11-24-12-10-23/h2,13,15H,1,3-12,14H2. The molecule has 1 aromatic rings. The first-order valence-electron chi connectivity index (χ1n) is 9.11. The molecule has 0 amide bonds. The summed E-state index contributed by atoms with van der Waals surface area (Å²) in [6, 6.07) is 0.246. The fraction of sp³-hybridized carbons (Fsp3) is 0.667. The lowest BCUT2D eigenvalue weighted by atomic mass is 10.2. The van der Waals surface area contributed by atoms with Crippen molar-refractivity contribution < 1.29 is 13.9 Å². The predicted octanol–water partition coefficient (Wildman–Crippen LogP) is 2.26. The third-order valence-electron chi connectivity index (χ3n) is 4.64. The van der Waals surface area contributed by atoms with Gasteiger partial charge in [-0.25, -0.2) is 9.37 Å². The maximum absolute atomic E-state index is 14.1. The normalized spacial score (nSPS) is 19.8. The average Bonchev–Trinajstić information content (AvgIpc) is 3.15. The molecular weight excluding hydrogens is 323 g/mol. The van der Waals surface area contributed by atoms with E-state index in [9.17, 15) is 4.39 Å². The van der Waals surface area contributed by atoms with Gasteiger partial charge < -0.3 is 14.4 Å². The van der Waals surface area contributed by atoms with Crippen molar-refractivity contribution in [1.82, 2.24) is 14.9 Å². The van der Waals surface area contributed by atoms with Crippen molar-refractivity contribution in [3.8, 4) is 6.01 Å². The number of halogens is 1. The van der Waals surface area contributed by atoms with Gasteiger partial charge in [-0.05, 0) is 38.8 Å². The summed E-state index contributed by atoms with van der Waals surface area (Å²) >= 11 is 0. The Morgan fingerprint density at radius 3 is 2.76 bits per heavy atom. The second-order valence-corrected chi connectivity index (χ2v) is 6.54. The van der Waals surface area contributed by atoms with Gasteiger partial charge in [-0.15, -0.1) is 6.58 Å². The van der Waals surface area contributed by atoms with Crippen LogP contribution in [0.25, 0.3) is 0 Å². The van der Waals surface area contributed by atoms with Gasteiger partial charge >= 0.3 is 6.01 Å². The molecule has 0 saturated carbocycles. The number of likely N-dealkylation sites (tertiary alicyclic amines) is 1. The molecule has 0 spiro atoms. The number of morpholine rings is 1. The molecule has 0 N–H and O–H groups in total. The number of hydrogen-bond acceptors (Lipinski definition) is 6. The van der Waals surface area contributed by atoms with Crippen molar-refractivity contribution in [2.45, 2.75) is 31.8 Å². The third kappa shape index (κ3) is 5.12. The van der Waals surface area contributed by atoms with Gasteiger partial charge in [-0.1, -0.05) is 6.08 Å². The molecule has 1 aromatic heterocycles. The van der Waals surface area contributed by atoms with Crippen LogP contribution in [0.15, 0.2) is 18.9 Å². The number of rotatable bonds is 8. The zero-order chi connectivity index (χ0) is 17.5. The molecule has 0 radical (unpaired) electrons. The minimum Gasteiger partial charge on any atom is -0.459 e. The predicted molar refractivity (Wildman–Crippen MR) is 94.5 cm³/mol. The molecule has 1 unspecified atom stereocenters. The Balaban J connectivity index is 1.68. The smallest absolute Gasteiger partial charge is 0.318 e. The number of aromatic nitrogens is 2. The van der Waals surface area contributed by atoms with Crippen molar-refractivity contribution in [2.75, 3.05) is 50.8 Å². The first-order valence-corrected chi connectivity index (χ1v) is 9.11. The molecule has 3 heterocycles. The van der Waals surface area contributed by atoms with Crippen LogP contribution in [0.1, 0.15) is 25.7 Å². The summed E-state index contributed by atoms with van der Waals surface area (Å²) < 4.78 is 25.5. The molecule has 2 saturated heterocycles. The van der Waals surface area contributed by atoms with Crippen LogP contribution in [-0.2, 0) is 4.74 Å². The van der Waals surface area contributed by atoms with Gasteiger partial charge in [0.25, 0.3) is 0 Å². The van der Waals surface area contributed by atoms with E-state index >= 15 is 0 Å². The van der Waals surface area contributed by atoms with E-state index in [0.29, 0.717) is 32.1 Å². The van der Waals surface area contributed by atoms with Crippen LogP contribution in [0.2, 0.25) is 0 Å². The molecule has 0 bridgehead atoms. The van der Waals surface area contributed by atoms with Crippen LogP contribution in [0.5, 0.6) is 6.01 Å². The third-order valence-corrected chi connectivity index (χ3v) is 4.64. The quantitative estimate of drug-likeness (QED) is 0.671. The Kier molecular flexibility index (Phi) is 6.58. The Bertz CT molecular complexity index is 560. The summed E-state index contributed by atoms with van der Waals surface area (Å²) in [6.07, 6.45) is 7.28. The van der Waals surface area contributed by atoms with E-state index in [2.05, 4.69) is 21.4 Å². The van der Waals surface area contributed by atoms with Crippen LogP contribution < -0.4 is 9.64 Å². The zero-order valence-electron chi connectivity index (χ0n) is 14.7. The van der Waals surface area contributed by atoms with Crippen molar-refractivity contribution in [1.29, 1.82) is 0 Å². The second kappa shape index (κ2) is 9.10. The fourth-order valence-corrected chi connectivity index (χ4v) is 3.29. The Hall–Kier alpha value is -1.73. The SMILES string of the molecule is C=CCCC(CN1CCCC1)Oc1ncc(F)c(N2CCOCC2)n1. The summed E-state index contributed by atoms with van der Waals surface area (Å²) in [7, 11) is 0. The van der Waals surface area contributed by atoms with E-state index in [4.69, 9.17) is 9.47 Å². The first-order chi connectivity index (χ1) is 12.3.